The van der Waals surface area contributed by atoms with E-state index >= 15 is 0 Å². The number of amides is 2. The summed E-state index contributed by atoms with van der Waals surface area (Å²) in [7, 11) is 1.91. The molecule has 1 aliphatic heterocycles. The van der Waals surface area contributed by atoms with Crippen molar-refractivity contribution < 1.29 is 9.59 Å². The minimum atomic E-state index is -0.0984. The summed E-state index contributed by atoms with van der Waals surface area (Å²) in [5.41, 5.74) is 3.76. The lowest BCUT2D eigenvalue weighted by Crippen LogP contribution is -2.32. The van der Waals surface area contributed by atoms with Crippen molar-refractivity contribution in [3.63, 3.8) is 0 Å². The van der Waals surface area contributed by atoms with E-state index in [4.69, 9.17) is 0 Å². The van der Waals surface area contributed by atoms with Gasteiger partial charge in [0, 0.05) is 49.1 Å². The standard InChI is InChI=1S/C22H23N3O2/c1-15-7-6-10-19-18(15)12-20(24(19)2)22(27)23-13-16-11-21(26)25(14-16)17-8-4-3-5-9-17/h3-10,12,16H,11,13-14H2,1-2H3,(H,23,27). The monoisotopic (exact) mass is 361 g/mol. The average Bonchev–Trinajstić information content (AvgIpc) is 3.22. The van der Waals surface area contributed by atoms with Crippen molar-refractivity contribution in [2.75, 3.05) is 18.0 Å². The molecule has 5 nitrogen and oxygen atoms in total. The highest BCUT2D eigenvalue weighted by atomic mass is 16.2. The molecule has 0 radical (unpaired) electrons. The molecule has 0 aliphatic carbocycles. The molecular weight excluding hydrogens is 338 g/mol. The number of benzene rings is 2. The Hall–Kier alpha value is -3.08. The molecule has 1 atom stereocenters. The van der Waals surface area contributed by atoms with Gasteiger partial charge < -0.3 is 14.8 Å². The van der Waals surface area contributed by atoms with E-state index < -0.39 is 0 Å². The van der Waals surface area contributed by atoms with Crippen LogP contribution in [0.5, 0.6) is 0 Å². The zero-order chi connectivity index (χ0) is 19.0. The molecule has 4 rings (SSSR count). The number of fused-ring (bicyclic) bond motifs is 1. The van der Waals surface area contributed by atoms with Gasteiger partial charge in [-0.3, -0.25) is 9.59 Å². The molecule has 0 spiro atoms. The molecule has 27 heavy (non-hydrogen) atoms. The maximum Gasteiger partial charge on any atom is 0.267 e. The van der Waals surface area contributed by atoms with Crippen molar-refractivity contribution in [1.82, 2.24) is 9.88 Å². The van der Waals surface area contributed by atoms with Crippen LogP contribution in [0.1, 0.15) is 22.5 Å². The number of carbonyl (C=O) groups is 2. The first-order valence-corrected chi connectivity index (χ1v) is 9.23. The lowest BCUT2D eigenvalue weighted by molar-refractivity contribution is -0.117. The zero-order valence-electron chi connectivity index (χ0n) is 15.6. The van der Waals surface area contributed by atoms with Crippen LogP contribution in [0.25, 0.3) is 10.9 Å². The van der Waals surface area contributed by atoms with Crippen LogP contribution >= 0.6 is 0 Å². The predicted molar refractivity (Wildman–Crippen MR) is 107 cm³/mol. The highest BCUT2D eigenvalue weighted by Crippen LogP contribution is 2.25. The van der Waals surface area contributed by atoms with Gasteiger partial charge >= 0.3 is 0 Å². The first kappa shape index (κ1) is 17.3. The summed E-state index contributed by atoms with van der Waals surface area (Å²) in [5, 5.41) is 4.11. The quantitative estimate of drug-likeness (QED) is 0.775. The second kappa shape index (κ2) is 6.91. The molecule has 2 heterocycles. The first-order chi connectivity index (χ1) is 13.0. The normalized spacial score (nSPS) is 16.9. The lowest BCUT2D eigenvalue weighted by Gasteiger charge is -2.17. The van der Waals surface area contributed by atoms with Gasteiger partial charge in [0.05, 0.1) is 0 Å². The highest BCUT2D eigenvalue weighted by Gasteiger charge is 2.30. The van der Waals surface area contributed by atoms with Gasteiger partial charge in [-0.1, -0.05) is 30.3 Å². The van der Waals surface area contributed by atoms with Crippen LogP contribution in [0, 0.1) is 12.8 Å². The molecular formula is C22H23N3O2. The molecule has 2 amide bonds. The largest absolute Gasteiger partial charge is 0.350 e. The van der Waals surface area contributed by atoms with Crippen LogP contribution in [0.15, 0.2) is 54.6 Å². The van der Waals surface area contributed by atoms with Crippen LogP contribution in [0.2, 0.25) is 0 Å². The Morgan fingerprint density at radius 3 is 2.67 bits per heavy atom. The topological polar surface area (TPSA) is 54.3 Å². The summed E-state index contributed by atoms with van der Waals surface area (Å²) in [6, 6.07) is 17.7. The van der Waals surface area contributed by atoms with Crippen LogP contribution < -0.4 is 10.2 Å². The van der Waals surface area contributed by atoms with Gasteiger partial charge in [0.15, 0.2) is 0 Å². The molecule has 138 valence electrons. The third-order valence-electron chi connectivity index (χ3n) is 5.36. The zero-order valence-corrected chi connectivity index (χ0v) is 15.6. The Bertz CT molecular complexity index is 1010. The molecule has 5 heteroatoms. The van der Waals surface area contributed by atoms with Crippen LogP contribution in [-0.2, 0) is 11.8 Å². The number of hydrogen-bond acceptors (Lipinski definition) is 2. The minimum absolute atomic E-state index is 0.0984. The second-order valence-corrected chi connectivity index (χ2v) is 7.22. The summed E-state index contributed by atoms with van der Waals surface area (Å²) in [6.45, 7) is 3.18. The third kappa shape index (κ3) is 3.21. The van der Waals surface area contributed by atoms with Crippen molar-refractivity contribution in [2.45, 2.75) is 13.3 Å². The number of carbonyl (C=O) groups excluding carboxylic acids is 2. The Morgan fingerprint density at radius 1 is 1.15 bits per heavy atom. The Balaban J connectivity index is 1.44. The SMILES string of the molecule is Cc1cccc2c1cc(C(=O)NCC1CC(=O)N(c3ccccc3)C1)n2C. The van der Waals surface area contributed by atoms with E-state index in [-0.39, 0.29) is 17.7 Å². The van der Waals surface area contributed by atoms with Crippen LogP contribution in [0.4, 0.5) is 5.69 Å². The molecule has 2 aromatic carbocycles. The molecule has 1 aromatic heterocycles. The van der Waals surface area contributed by atoms with E-state index in [1.54, 1.807) is 4.90 Å². The van der Waals surface area contributed by atoms with E-state index in [0.29, 0.717) is 25.2 Å². The van der Waals surface area contributed by atoms with Gasteiger partial charge in [-0.25, -0.2) is 0 Å². The highest BCUT2D eigenvalue weighted by molar-refractivity contribution is 6.00. The summed E-state index contributed by atoms with van der Waals surface area (Å²) < 4.78 is 1.92. The fourth-order valence-electron chi connectivity index (χ4n) is 3.83. The number of aryl methyl sites for hydroxylation is 2. The first-order valence-electron chi connectivity index (χ1n) is 9.23. The number of nitrogens with zero attached hydrogens (tertiary/aromatic N) is 2. The van der Waals surface area contributed by atoms with Gasteiger partial charge in [0.25, 0.3) is 5.91 Å². The van der Waals surface area contributed by atoms with E-state index in [2.05, 4.69) is 5.32 Å². The molecule has 1 N–H and O–H groups in total. The molecule has 0 saturated carbocycles. The fraction of sp³-hybridized carbons (Fsp3) is 0.273. The van der Waals surface area contributed by atoms with E-state index in [0.717, 1.165) is 22.2 Å². The van der Waals surface area contributed by atoms with Crippen molar-refractivity contribution in [1.29, 1.82) is 0 Å². The van der Waals surface area contributed by atoms with Gasteiger partial charge in [0.1, 0.15) is 5.69 Å². The van der Waals surface area contributed by atoms with Crippen molar-refractivity contribution in [2.24, 2.45) is 13.0 Å². The average molecular weight is 361 g/mol. The number of rotatable bonds is 4. The maximum absolute atomic E-state index is 12.7. The maximum atomic E-state index is 12.7. The fourth-order valence-corrected chi connectivity index (χ4v) is 3.83. The van der Waals surface area contributed by atoms with E-state index in [1.165, 1.54) is 0 Å². The number of nitrogens with one attached hydrogen (secondary N) is 1. The lowest BCUT2D eigenvalue weighted by atomic mass is 10.1. The third-order valence-corrected chi connectivity index (χ3v) is 5.36. The summed E-state index contributed by atoms with van der Waals surface area (Å²) >= 11 is 0. The molecule has 0 bridgehead atoms. The molecule has 1 unspecified atom stereocenters. The molecule has 1 saturated heterocycles. The number of aromatic nitrogens is 1. The van der Waals surface area contributed by atoms with Crippen molar-refractivity contribution in [3.05, 3.63) is 65.9 Å². The number of hydrogen-bond donors (Lipinski definition) is 1. The number of para-hydroxylation sites is 1. The molecule has 1 aliphatic rings. The minimum Gasteiger partial charge on any atom is -0.350 e. The summed E-state index contributed by atoms with van der Waals surface area (Å²) in [4.78, 5) is 26.8. The van der Waals surface area contributed by atoms with Gasteiger partial charge in [-0.2, -0.15) is 0 Å². The van der Waals surface area contributed by atoms with Crippen LogP contribution in [-0.4, -0.2) is 29.5 Å². The van der Waals surface area contributed by atoms with Crippen molar-refractivity contribution >= 4 is 28.4 Å². The van der Waals surface area contributed by atoms with E-state index in [1.807, 2.05) is 73.1 Å². The van der Waals surface area contributed by atoms with Crippen molar-refractivity contribution in [3.8, 4) is 0 Å². The Labute approximate surface area is 158 Å². The predicted octanol–water partition coefficient (Wildman–Crippen LogP) is 3.27. The Morgan fingerprint density at radius 2 is 1.93 bits per heavy atom. The molecule has 1 fully saturated rings. The van der Waals surface area contributed by atoms with Gasteiger partial charge in [-0.05, 0) is 36.8 Å². The number of anilines is 1. The smallest absolute Gasteiger partial charge is 0.267 e. The summed E-state index contributed by atoms with van der Waals surface area (Å²) in [6.07, 6.45) is 0.462. The van der Waals surface area contributed by atoms with E-state index in [9.17, 15) is 9.59 Å². The Kier molecular flexibility index (Phi) is 4.44. The summed E-state index contributed by atoms with van der Waals surface area (Å²) in [5.74, 6) is 0.137. The van der Waals surface area contributed by atoms with Gasteiger partial charge in [-0.15, -0.1) is 0 Å². The molecule has 3 aromatic rings. The van der Waals surface area contributed by atoms with Crippen LogP contribution in [0.3, 0.4) is 0 Å². The second-order valence-electron chi connectivity index (χ2n) is 7.22. The van der Waals surface area contributed by atoms with Gasteiger partial charge in [0.2, 0.25) is 5.91 Å².